The Balaban J connectivity index is 1.30. The number of fused-ring (bicyclic) bond motifs is 1. The number of nitrogens with one attached hydrogen (secondary N) is 4. The minimum absolute atomic E-state index is 0.0521. The lowest BCUT2D eigenvalue weighted by atomic mass is 9.95. The summed E-state index contributed by atoms with van der Waals surface area (Å²) in [6.45, 7) is -0.705. The van der Waals surface area contributed by atoms with Crippen LogP contribution in [-0.4, -0.2) is 159 Å². The van der Waals surface area contributed by atoms with Crippen molar-refractivity contribution in [2.75, 3.05) is 40.5 Å². The summed E-state index contributed by atoms with van der Waals surface area (Å²) in [6.07, 6.45) is -4.18. The third-order valence-electron chi connectivity index (χ3n) is 9.25. The summed E-state index contributed by atoms with van der Waals surface area (Å²) in [5.74, 6) is -4.44. The molecule has 2 aromatic carbocycles. The van der Waals surface area contributed by atoms with Gasteiger partial charge in [0.05, 0.1) is 64.2 Å². The second-order valence-corrected chi connectivity index (χ2v) is 14.0. The molecule has 296 valence electrons. The number of ether oxygens (including phenoxy) is 1. The van der Waals surface area contributed by atoms with Gasteiger partial charge in [-0.3, -0.25) is 23.7 Å². The van der Waals surface area contributed by atoms with Crippen molar-refractivity contribution in [2.24, 2.45) is 4.99 Å². The van der Waals surface area contributed by atoms with Gasteiger partial charge in [-0.25, -0.2) is 4.99 Å². The van der Waals surface area contributed by atoms with Gasteiger partial charge >= 0.3 is 0 Å². The molecule has 8 atom stereocenters. The van der Waals surface area contributed by atoms with E-state index in [1.165, 1.54) is 25.1 Å². The molecule has 2 aromatic rings. The second kappa shape index (κ2) is 17.9. The van der Waals surface area contributed by atoms with Crippen LogP contribution in [0.15, 0.2) is 41.4 Å². The molecule has 0 aliphatic carbocycles. The van der Waals surface area contributed by atoms with Gasteiger partial charge in [-0.05, 0) is 25.1 Å². The molecule has 0 saturated heterocycles. The van der Waals surface area contributed by atoms with Crippen LogP contribution in [0.3, 0.4) is 0 Å². The summed E-state index contributed by atoms with van der Waals surface area (Å²) < 4.78 is 5.99. The molecule has 54 heavy (non-hydrogen) atoms. The lowest BCUT2D eigenvalue weighted by Crippen LogP contribution is -2.62. The normalized spacial score (nSPS) is 21.6. The van der Waals surface area contributed by atoms with Crippen LogP contribution in [0.25, 0.3) is 0 Å². The third-order valence-corrected chi connectivity index (χ3v) is 9.25. The Morgan fingerprint density at radius 3 is 2.15 bits per heavy atom. The topological polar surface area (TPSA) is 300 Å². The number of benzene rings is 2. The number of quaternary nitrogens is 1. The molecule has 4 amide bonds. The molecule has 19 nitrogen and oxygen atoms in total. The molecular formula is C35H49N6O13+. The summed E-state index contributed by atoms with van der Waals surface area (Å²) in [7, 11) is 3.67. The number of aliphatic hydroxyl groups excluding tert-OH is 5. The van der Waals surface area contributed by atoms with Crippen molar-refractivity contribution in [1.29, 1.82) is 0 Å². The Morgan fingerprint density at radius 2 is 1.52 bits per heavy atom. The first-order valence-corrected chi connectivity index (χ1v) is 17.3. The van der Waals surface area contributed by atoms with E-state index in [4.69, 9.17) is 4.74 Å². The van der Waals surface area contributed by atoms with Gasteiger partial charge < -0.3 is 66.9 Å². The highest BCUT2D eigenvalue weighted by atomic mass is 16.5. The van der Waals surface area contributed by atoms with Gasteiger partial charge in [0.1, 0.15) is 48.3 Å². The van der Waals surface area contributed by atoms with Crippen LogP contribution < -0.4 is 25.8 Å². The molecule has 0 spiro atoms. The Kier molecular flexibility index (Phi) is 13.8. The Morgan fingerprint density at radius 1 is 0.889 bits per heavy atom. The number of carbonyl (C=O) groups is 4. The Bertz CT molecular complexity index is 1720. The van der Waals surface area contributed by atoms with Gasteiger partial charge in [0.2, 0.25) is 29.5 Å². The van der Waals surface area contributed by atoms with E-state index in [1.807, 2.05) is 14.1 Å². The third kappa shape index (κ3) is 10.1. The maximum absolute atomic E-state index is 13.1. The van der Waals surface area contributed by atoms with Crippen LogP contribution >= 0.6 is 0 Å². The number of para-hydroxylation sites is 1. The largest absolute Gasteiger partial charge is 0.507 e. The van der Waals surface area contributed by atoms with E-state index >= 15 is 0 Å². The number of carbonyl (C=O) groups excluding carboxylic acids is 4. The minimum atomic E-state index is -1.68. The quantitative estimate of drug-likeness (QED) is 0.0587. The molecule has 2 aliphatic rings. The molecule has 19 heteroatoms. The number of aliphatic imine (C=N–C) groups is 1. The van der Waals surface area contributed by atoms with E-state index in [0.29, 0.717) is 12.1 Å². The van der Waals surface area contributed by atoms with Gasteiger partial charge in [0, 0.05) is 24.5 Å². The van der Waals surface area contributed by atoms with Crippen molar-refractivity contribution >= 4 is 35.2 Å². The van der Waals surface area contributed by atoms with E-state index < -0.39 is 98.4 Å². The number of rotatable bonds is 16. The summed E-state index contributed by atoms with van der Waals surface area (Å²) in [4.78, 5) is 56.4. The molecule has 12 N–H and O–H groups in total. The number of hydrogen-bond acceptors (Lipinski definition) is 14. The van der Waals surface area contributed by atoms with Gasteiger partial charge in [-0.15, -0.1) is 0 Å². The zero-order chi connectivity index (χ0) is 39.9. The molecule has 0 radical (unpaired) electrons. The number of aliphatic hydroxyl groups is 5. The number of hydrogen-bond donors (Lipinski definition) is 12. The van der Waals surface area contributed by atoms with E-state index in [9.17, 15) is 60.0 Å². The van der Waals surface area contributed by atoms with Gasteiger partial charge in [0.15, 0.2) is 11.5 Å². The highest BCUT2D eigenvalue weighted by molar-refractivity contribution is 5.98. The fraction of sp³-hybridized carbons (Fsp3) is 0.514. The van der Waals surface area contributed by atoms with E-state index in [0.717, 1.165) is 5.69 Å². The first-order valence-electron chi connectivity index (χ1n) is 17.3. The van der Waals surface area contributed by atoms with Gasteiger partial charge in [0.25, 0.3) is 0 Å². The number of phenolic OH excluding ortho intramolecular Hbond substituents is 3. The zero-order valence-electron chi connectivity index (χ0n) is 30.0. The lowest BCUT2D eigenvalue weighted by molar-refractivity contribution is -0.136. The van der Waals surface area contributed by atoms with Crippen molar-refractivity contribution in [2.45, 2.75) is 74.7 Å². The molecule has 2 aliphatic heterocycles. The SMILES string of the molecule is CC(O)C(NC(=O)CC(O)CC1OC(c2ccccc2O)=NC1CO)C(=O)NC(CO)C(=O)NC(CO)C(=O)NC1Cc2cc(O)c(O)cc2[N+](C)(C)C1. The van der Waals surface area contributed by atoms with Crippen LogP contribution in [0.4, 0.5) is 5.69 Å². The predicted octanol–water partition coefficient (Wildman–Crippen LogP) is -3.42. The van der Waals surface area contributed by atoms with Gasteiger partial charge in [-0.2, -0.15) is 0 Å². The molecule has 0 aromatic heterocycles. The summed E-state index contributed by atoms with van der Waals surface area (Å²) >= 11 is 0. The van der Waals surface area contributed by atoms with E-state index in [-0.39, 0.29) is 46.0 Å². The van der Waals surface area contributed by atoms with Gasteiger partial charge in [-0.1, -0.05) is 12.1 Å². The first-order chi connectivity index (χ1) is 25.5. The molecule has 0 bridgehead atoms. The molecule has 0 fully saturated rings. The number of nitrogens with zero attached hydrogens (tertiary/aromatic N) is 2. The number of amides is 4. The predicted molar refractivity (Wildman–Crippen MR) is 191 cm³/mol. The zero-order valence-corrected chi connectivity index (χ0v) is 30.0. The van der Waals surface area contributed by atoms with Crippen LogP contribution in [0.1, 0.15) is 30.9 Å². The monoisotopic (exact) mass is 761 g/mol. The highest BCUT2D eigenvalue weighted by Gasteiger charge is 2.38. The van der Waals surface area contributed by atoms with Crippen molar-refractivity contribution < 1.29 is 64.8 Å². The molecule has 4 rings (SSSR count). The average Bonchev–Trinajstić information content (AvgIpc) is 3.50. The van der Waals surface area contributed by atoms with Crippen LogP contribution in [0, 0.1) is 0 Å². The minimum Gasteiger partial charge on any atom is -0.507 e. The smallest absolute Gasteiger partial charge is 0.245 e. The van der Waals surface area contributed by atoms with Crippen molar-refractivity contribution in [3.8, 4) is 17.2 Å². The molecule has 2 heterocycles. The van der Waals surface area contributed by atoms with Crippen molar-refractivity contribution in [1.82, 2.24) is 25.8 Å². The Hall–Kier alpha value is -5.05. The fourth-order valence-corrected chi connectivity index (χ4v) is 6.48. The summed E-state index contributed by atoms with van der Waals surface area (Å²) in [6, 6.07) is 2.96. The number of likely N-dealkylation sites (N-methyl/N-ethyl adjacent to an activating group) is 1. The summed E-state index contributed by atoms with van der Waals surface area (Å²) in [5, 5.41) is 90.1. The van der Waals surface area contributed by atoms with E-state index in [2.05, 4.69) is 26.3 Å². The maximum Gasteiger partial charge on any atom is 0.245 e. The van der Waals surface area contributed by atoms with Crippen LogP contribution in [0.5, 0.6) is 17.2 Å². The average molecular weight is 762 g/mol. The second-order valence-electron chi connectivity index (χ2n) is 14.0. The lowest BCUT2D eigenvalue weighted by Gasteiger charge is -2.39. The number of phenols is 3. The first kappa shape index (κ1) is 41.7. The van der Waals surface area contributed by atoms with E-state index in [1.54, 1.807) is 18.2 Å². The van der Waals surface area contributed by atoms with Crippen LogP contribution in [-0.2, 0) is 30.3 Å². The van der Waals surface area contributed by atoms with Crippen molar-refractivity contribution in [3.05, 3.63) is 47.5 Å². The van der Waals surface area contributed by atoms with Crippen molar-refractivity contribution in [3.63, 3.8) is 0 Å². The standard InChI is InChI=1S/C35H48N6O13/c1-17(45)31(40-30(50)11-20(46)10-29-22(14-42)39-35(54-29)21-6-4-5-7-26(21)47)34(53)38-24(16-44)33(52)37-23(15-43)32(51)36-19-8-18-9-27(48)28(49)12-25(18)41(2,3)13-19/h4-7,9,12,17,19-20,22-24,29,31,42-46H,8,10-11,13-16H2,1-3H3,(H6-,36,37,38,39,40,47,48,49,50,51,52,53)/p+1. The molecule has 0 saturated carbocycles. The molecule has 8 unspecified atom stereocenters. The van der Waals surface area contributed by atoms with Crippen LogP contribution in [0.2, 0.25) is 0 Å². The molecular weight excluding hydrogens is 712 g/mol. The maximum atomic E-state index is 13.1. The fourth-order valence-electron chi connectivity index (χ4n) is 6.48. The summed E-state index contributed by atoms with van der Waals surface area (Å²) in [5.41, 5.74) is 1.68. The Labute approximate surface area is 310 Å². The number of aromatic hydroxyl groups is 3. The highest BCUT2D eigenvalue weighted by Crippen LogP contribution is 2.38.